The summed E-state index contributed by atoms with van der Waals surface area (Å²) in [6, 6.07) is 13.9. The predicted molar refractivity (Wildman–Crippen MR) is 80.6 cm³/mol. The van der Waals surface area contributed by atoms with Crippen LogP contribution in [-0.2, 0) is 6.42 Å². The molecule has 1 aromatic heterocycles. The van der Waals surface area contributed by atoms with Crippen LogP contribution >= 0.6 is 0 Å². The largest absolute Gasteiger partial charge is 0.441 e. The number of aromatic nitrogens is 1. The first kappa shape index (κ1) is 12.9. The van der Waals surface area contributed by atoms with Gasteiger partial charge in [-0.1, -0.05) is 30.3 Å². The number of para-hydroxylation sites is 2. The third kappa shape index (κ3) is 2.32. The molecule has 102 valence electrons. The summed E-state index contributed by atoms with van der Waals surface area (Å²) < 4.78 is 5.75. The first-order valence-electron chi connectivity index (χ1n) is 6.81. The summed E-state index contributed by atoms with van der Waals surface area (Å²) in [5.41, 5.74) is 11.7. The van der Waals surface area contributed by atoms with E-state index in [9.17, 15) is 0 Å². The van der Waals surface area contributed by atoms with E-state index in [1.54, 1.807) is 0 Å². The van der Waals surface area contributed by atoms with E-state index in [2.05, 4.69) is 37.0 Å². The summed E-state index contributed by atoms with van der Waals surface area (Å²) in [5, 5.41) is 0. The fourth-order valence-electron chi connectivity index (χ4n) is 2.71. The molecule has 0 radical (unpaired) electrons. The third-order valence-electron chi connectivity index (χ3n) is 3.65. The highest BCUT2D eigenvalue weighted by Gasteiger charge is 2.15. The van der Waals surface area contributed by atoms with Crippen molar-refractivity contribution in [1.29, 1.82) is 0 Å². The van der Waals surface area contributed by atoms with Crippen molar-refractivity contribution in [1.82, 2.24) is 4.98 Å². The van der Waals surface area contributed by atoms with Gasteiger partial charge < -0.3 is 10.2 Å². The zero-order valence-corrected chi connectivity index (χ0v) is 11.8. The lowest BCUT2D eigenvalue weighted by atomic mass is 9.95. The number of nitrogens with two attached hydrogens (primary N) is 1. The third-order valence-corrected chi connectivity index (χ3v) is 3.65. The van der Waals surface area contributed by atoms with Gasteiger partial charge in [0.1, 0.15) is 5.52 Å². The quantitative estimate of drug-likeness (QED) is 0.786. The Bertz CT molecular complexity index is 692. The van der Waals surface area contributed by atoms with E-state index < -0.39 is 0 Å². The van der Waals surface area contributed by atoms with E-state index in [1.807, 2.05) is 24.3 Å². The molecule has 1 unspecified atom stereocenters. The second-order valence-electron chi connectivity index (χ2n) is 5.19. The molecular weight excluding hydrogens is 248 g/mol. The molecule has 0 amide bonds. The number of rotatable bonds is 3. The van der Waals surface area contributed by atoms with Crippen LogP contribution < -0.4 is 5.73 Å². The van der Waals surface area contributed by atoms with Gasteiger partial charge in [-0.15, -0.1) is 0 Å². The van der Waals surface area contributed by atoms with Crippen LogP contribution in [0.4, 0.5) is 0 Å². The van der Waals surface area contributed by atoms with Gasteiger partial charge in [0, 0.05) is 12.5 Å². The lowest BCUT2D eigenvalue weighted by molar-refractivity contribution is 0.501. The van der Waals surface area contributed by atoms with Gasteiger partial charge in [-0.25, -0.2) is 4.98 Å². The van der Waals surface area contributed by atoms with Crippen molar-refractivity contribution in [3.63, 3.8) is 0 Å². The number of oxazole rings is 1. The molecule has 1 heterocycles. The molecule has 2 N–H and O–H groups in total. The Morgan fingerprint density at radius 2 is 1.75 bits per heavy atom. The maximum absolute atomic E-state index is 6.35. The molecule has 0 spiro atoms. The first-order valence-corrected chi connectivity index (χ1v) is 6.81. The lowest BCUT2D eigenvalue weighted by Gasteiger charge is -2.15. The fourth-order valence-corrected chi connectivity index (χ4v) is 2.71. The average Bonchev–Trinajstić information content (AvgIpc) is 2.80. The Hall–Kier alpha value is -2.13. The molecule has 3 heteroatoms. The van der Waals surface area contributed by atoms with Crippen LogP contribution in [0.1, 0.15) is 28.6 Å². The Balaban J connectivity index is 1.90. The van der Waals surface area contributed by atoms with Gasteiger partial charge in [-0.2, -0.15) is 0 Å². The van der Waals surface area contributed by atoms with Crippen molar-refractivity contribution in [2.45, 2.75) is 26.3 Å². The smallest absolute Gasteiger partial charge is 0.197 e. The fraction of sp³-hybridized carbons (Fsp3) is 0.235. The Kier molecular flexibility index (Phi) is 3.28. The summed E-state index contributed by atoms with van der Waals surface area (Å²) in [6.45, 7) is 4.18. The van der Waals surface area contributed by atoms with Crippen molar-refractivity contribution in [2.24, 2.45) is 5.73 Å². The van der Waals surface area contributed by atoms with Crippen molar-refractivity contribution in [2.75, 3.05) is 0 Å². The SMILES string of the molecule is Cc1cccc(C)c1C(N)Cc1nc2ccccc2o1. The van der Waals surface area contributed by atoms with E-state index >= 15 is 0 Å². The van der Waals surface area contributed by atoms with Crippen molar-refractivity contribution < 1.29 is 4.42 Å². The van der Waals surface area contributed by atoms with Crippen LogP contribution in [0.25, 0.3) is 11.1 Å². The number of aryl methyl sites for hydroxylation is 2. The van der Waals surface area contributed by atoms with Crippen LogP contribution in [0, 0.1) is 13.8 Å². The lowest BCUT2D eigenvalue weighted by Crippen LogP contribution is -2.16. The van der Waals surface area contributed by atoms with Gasteiger partial charge in [0.15, 0.2) is 11.5 Å². The molecule has 3 nitrogen and oxygen atoms in total. The minimum Gasteiger partial charge on any atom is -0.441 e. The molecule has 3 rings (SSSR count). The summed E-state index contributed by atoms with van der Waals surface area (Å²) >= 11 is 0. The zero-order valence-electron chi connectivity index (χ0n) is 11.8. The molecule has 0 saturated carbocycles. The Morgan fingerprint density at radius 3 is 2.45 bits per heavy atom. The Labute approximate surface area is 118 Å². The van der Waals surface area contributed by atoms with E-state index in [4.69, 9.17) is 10.2 Å². The van der Waals surface area contributed by atoms with E-state index in [-0.39, 0.29) is 6.04 Å². The minimum atomic E-state index is -0.0933. The maximum Gasteiger partial charge on any atom is 0.197 e. The van der Waals surface area contributed by atoms with Gasteiger partial charge in [-0.05, 0) is 42.7 Å². The van der Waals surface area contributed by atoms with Crippen LogP contribution in [0.3, 0.4) is 0 Å². The van der Waals surface area contributed by atoms with Crippen LogP contribution in [-0.4, -0.2) is 4.98 Å². The molecule has 1 atom stereocenters. The summed E-state index contributed by atoms with van der Waals surface area (Å²) in [5.74, 6) is 0.696. The van der Waals surface area contributed by atoms with Crippen LogP contribution in [0.5, 0.6) is 0 Å². The zero-order chi connectivity index (χ0) is 14.1. The van der Waals surface area contributed by atoms with E-state index in [0.29, 0.717) is 12.3 Å². The van der Waals surface area contributed by atoms with Gasteiger partial charge in [-0.3, -0.25) is 0 Å². The number of hydrogen-bond donors (Lipinski definition) is 1. The molecule has 0 aliphatic carbocycles. The normalized spacial score (nSPS) is 12.8. The standard InChI is InChI=1S/C17H18N2O/c1-11-6-5-7-12(2)17(11)13(18)10-16-19-14-8-3-4-9-15(14)20-16/h3-9,13H,10,18H2,1-2H3. The van der Waals surface area contributed by atoms with E-state index in [1.165, 1.54) is 16.7 Å². The molecule has 0 aliphatic rings. The molecule has 0 aliphatic heterocycles. The van der Waals surface area contributed by atoms with Gasteiger partial charge in [0.05, 0.1) is 0 Å². The number of nitrogens with zero attached hydrogens (tertiary/aromatic N) is 1. The number of hydrogen-bond acceptors (Lipinski definition) is 3. The summed E-state index contributed by atoms with van der Waals surface area (Å²) in [7, 11) is 0. The number of benzene rings is 2. The average molecular weight is 266 g/mol. The molecule has 3 aromatic rings. The van der Waals surface area contributed by atoms with Gasteiger partial charge in [0.25, 0.3) is 0 Å². The van der Waals surface area contributed by atoms with Gasteiger partial charge >= 0.3 is 0 Å². The monoisotopic (exact) mass is 266 g/mol. The highest BCUT2D eigenvalue weighted by molar-refractivity contribution is 5.72. The highest BCUT2D eigenvalue weighted by Crippen LogP contribution is 2.24. The minimum absolute atomic E-state index is 0.0933. The summed E-state index contributed by atoms with van der Waals surface area (Å²) in [6.07, 6.45) is 0.611. The molecular formula is C17H18N2O. The topological polar surface area (TPSA) is 52.0 Å². The summed E-state index contributed by atoms with van der Waals surface area (Å²) in [4.78, 5) is 4.49. The molecule has 20 heavy (non-hydrogen) atoms. The van der Waals surface area contributed by atoms with Gasteiger partial charge in [0.2, 0.25) is 0 Å². The van der Waals surface area contributed by atoms with Crippen molar-refractivity contribution >= 4 is 11.1 Å². The molecule has 0 saturated heterocycles. The molecule has 2 aromatic carbocycles. The predicted octanol–water partition coefficient (Wildman–Crippen LogP) is 3.69. The van der Waals surface area contributed by atoms with Crippen LogP contribution in [0.15, 0.2) is 46.9 Å². The first-order chi connectivity index (χ1) is 9.65. The van der Waals surface area contributed by atoms with Crippen molar-refractivity contribution in [3.8, 4) is 0 Å². The highest BCUT2D eigenvalue weighted by atomic mass is 16.3. The second-order valence-corrected chi connectivity index (χ2v) is 5.19. The van der Waals surface area contributed by atoms with Crippen molar-refractivity contribution in [3.05, 3.63) is 65.0 Å². The Morgan fingerprint density at radius 1 is 1.05 bits per heavy atom. The maximum atomic E-state index is 6.35. The number of fused-ring (bicyclic) bond motifs is 1. The van der Waals surface area contributed by atoms with E-state index in [0.717, 1.165) is 11.1 Å². The van der Waals surface area contributed by atoms with Crippen LogP contribution in [0.2, 0.25) is 0 Å². The molecule has 0 fully saturated rings. The molecule has 0 bridgehead atoms. The second kappa shape index (κ2) is 5.10.